The lowest BCUT2D eigenvalue weighted by molar-refractivity contribution is -0.0849. The molecule has 0 amide bonds. The molecule has 1 unspecified atom stereocenters. The molecular weight excluding hydrogens is 278 g/mol. The molecule has 4 bridgehead atoms. The smallest absolute Gasteiger partial charge is 0.00404 e. The molecule has 5 rings (SSSR count). The second-order valence-electron chi connectivity index (χ2n) is 7.90. The van der Waals surface area contributed by atoms with Crippen LogP contribution in [0, 0.1) is 29.1 Å². The van der Waals surface area contributed by atoms with Crippen LogP contribution >= 0.6 is 12.4 Å². The van der Waals surface area contributed by atoms with Crippen LogP contribution in [0.15, 0.2) is 30.3 Å². The maximum absolute atomic E-state index is 6.24. The Morgan fingerprint density at radius 2 is 1.48 bits per heavy atom. The maximum Gasteiger partial charge on any atom is -0.00404 e. The van der Waals surface area contributed by atoms with Crippen LogP contribution in [0.3, 0.4) is 0 Å². The minimum atomic E-state index is 0. The molecule has 0 radical (unpaired) electrons. The van der Waals surface area contributed by atoms with E-state index < -0.39 is 0 Å². The van der Waals surface area contributed by atoms with Crippen molar-refractivity contribution in [3.05, 3.63) is 35.9 Å². The third kappa shape index (κ3) is 2.75. The van der Waals surface area contributed by atoms with Crippen molar-refractivity contribution in [3.8, 4) is 0 Å². The Morgan fingerprint density at radius 1 is 0.952 bits per heavy atom. The second kappa shape index (κ2) is 5.93. The maximum atomic E-state index is 6.24. The van der Waals surface area contributed by atoms with Crippen LogP contribution in [0.2, 0.25) is 0 Å². The van der Waals surface area contributed by atoms with Gasteiger partial charge in [-0.3, -0.25) is 0 Å². The van der Waals surface area contributed by atoms with Gasteiger partial charge in [-0.15, -0.1) is 12.4 Å². The number of rotatable bonds is 4. The highest BCUT2D eigenvalue weighted by Crippen LogP contribution is 2.62. The van der Waals surface area contributed by atoms with Gasteiger partial charge in [0.25, 0.3) is 0 Å². The van der Waals surface area contributed by atoms with Crippen molar-refractivity contribution < 1.29 is 0 Å². The minimum absolute atomic E-state index is 0. The van der Waals surface area contributed by atoms with Crippen LogP contribution < -0.4 is 5.73 Å². The Hall–Kier alpha value is -0.530. The summed E-state index contributed by atoms with van der Waals surface area (Å²) < 4.78 is 0. The molecule has 4 aliphatic carbocycles. The first-order valence-corrected chi connectivity index (χ1v) is 8.51. The van der Waals surface area contributed by atoms with Gasteiger partial charge in [0, 0.05) is 0 Å². The van der Waals surface area contributed by atoms with E-state index in [2.05, 4.69) is 30.3 Å². The second-order valence-corrected chi connectivity index (χ2v) is 7.90. The quantitative estimate of drug-likeness (QED) is 0.874. The molecule has 1 atom stereocenters. The lowest BCUT2D eigenvalue weighted by atomic mass is 9.46. The summed E-state index contributed by atoms with van der Waals surface area (Å²) in [7, 11) is 0. The molecular formula is C19H28ClN. The van der Waals surface area contributed by atoms with Crippen LogP contribution in [0.5, 0.6) is 0 Å². The van der Waals surface area contributed by atoms with Gasteiger partial charge in [0.1, 0.15) is 0 Å². The summed E-state index contributed by atoms with van der Waals surface area (Å²) in [5, 5.41) is 0. The van der Waals surface area contributed by atoms with Crippen molar-refractivity contribution in [2.45, 2.75) is 44.9 Å². The molecule has 0 spiro atoms. The molecule has 2 N–H and O–H groups in total. The van der Waals surface area contributed by atoms with Gasteiger partial charge in [0.2, 0.25) is 0 Å². The first kappa shape index (κ1) is 15.4. The van der Waals surface area contributed by atoms with Crippen molar-refractivity contribution >= 4 is 12.4 Å². The third-order valence-electron chi connectivity index (χ3n) is 6.56. The molecule has 21 heavy (non-hydrogen) atoms. The average Bonchev–Trinajstić information content (AvgIpc) is 2.44. The molecule has 4 saturated carbocycles. The molecule has 0 saturated heterocycles. The van der Waals surface area contributed by atoms with Crippen molar-refractivity contribution in [1.29, 1.82) is 0 Å². The third-order valence-corrected chi connectivity index (χ3v) is 6.56. The largest absolute Gasteiger partial charge is 0.330 e. The van der Waals surface area contributed by atoms with E-state index in [4.69, 9.17) is 5.73 Å². The van der Waals surface area contributed by atoms with Crippen molar-refractivity contribution in [1.82, 2.24) is 0 Å². The summed E-state index contributed by atoms with van der Waals surface area (Å²) in [4.78, 5) is 0. The van der Waals surface area contributed by atoms with Crippen LogP contribution in [-0.2, 0) is 6.42 Å². The monoisotopic (exact) mass is 305 g/mol. The number of benzene rings is 1. The Morgan fingerprint density at radius 3 is 1.95 bits per heavy atom. The van der Waals surface area contributed by atoms with E-state index in [0.717, 1.165) is 24.3 Å². The van der Waals surface area contributed by atoms with Gasteiger partial charge >= 0.3 is 0 Å². The molecule has 4 fully saturated rings. The topological polar surface area (TPSA) is 26.0 Å². The average molecular weight is 306 g/mol. The Kier molecular flexibility index (Phi) is 4.34. The first-order valence-electron chi connectivity index (χ1n) is 8.51. The zero-order valence-electron chi connectivity index (χ0n) is 12.8. The van der Waals surface area contributed by atoms with E-state index in [1.165, 1.54) is 50.5 Å². The van der Waals surface area contributed by atoms with Crippen molar-refractivity contribution in [2.75, 3.05) is 6.54 Å². The van der Waals surface area contributed by atoms with Crippen molar-refractivity contribution in [2.24, 2.45) is 34.8 Å². The molecule has 116 valence electrons. The standard InChI is InChI=1S/C19H27N.ClH/c20-13-18(9-14-4-2-1-3-5-14)19-10-15-6-16(11-19)8-17(7-15)12-19;/h1-5,15-18H,6-13,20H2;1H. The Labute approximate surface area is 135 Å². The minimum Gasteiger partial charge on any atom is -0.330 e. The van der Waals surface area contributed by atoms with Crippen LogP contribution in [0.4, 0.5) is 0 Å². The van der Waals surface area contributed by atoms with E-state index in [1.807, 2.05) is 0 Å². The highest BCUT2D eigenvalue weighted by molar-refractivity contribution is 5.85. The zero-order chi connectivity index (χ0) is 13.6. The lowest BCUT2D eigenvalue weighted by Gasteiger charge is -2.59. The number of hydrogen-bond donors (Lipinski definition) is 1. The normalized spacial score (nSPS) is 38.0. The summed E-state index contributed by atoms with van der Waals surface area (Å²) in [5.41, 5.74) is 8.32. The van der Waals surface area contributed by atoms with E-state index in [1.54, 1.807) is 0 Å². The highest BCUT2D eigenvalue weighted by atomic mass is 35.5. The van der Waals surface area contributed by atoms with Crippen molar-refractivity contribution in [3.63, 3.8) is 0 Å². The van der Waals surface area contributed by atoms with Gasteiger partial charge in [-0.2, -0.15) is 0 Å². The van der Waals surface area contributed by atoms with Gasteiger partial charge in [-0.25, -0.2) is 0 Å². The van der Waals surface area contributed by atoms with Crippen LogP contribution in [0.25, 0.3) is 0 Å². The predicted octanol–water partition coefficient (Wildman–Crippen LogP) is 4.44. The van der Waals surface area contributed by atoms with Gasteiger partial charge in [-0.1, -0.05) is 30.3 Å². The van der Waals surface area contributed by atoms with Crippen LogP contribution in [-0.4, -0.2) is 6.54 Å². The van der Waals surface area contributed by atoms with E-state index in [-0.39, 0.29) is 12.4 Å². The van der Waals surface area contributed by atoms with Gasteiger partial charge < -0.3 is 5.73 Å². The van der Waals surface area contributed by atoms with Gasteiger partial charge in [-0.05, 0) is 86.1 Å². The predicted molar refractivity (Wildman–Crippen MR) is 90.5 cm³/mol. The van der Waals surface area contributed by atoms with E-state index in [9.17, 15) is 0 Å². The Balaban J connectivity index is 0.00000132. The van der Waals surface area contributed by atoms with Gasteiger partial charge in [0.05, 0.1) is 0 Å². The molecule has 1 nitrogen and oxygen atoms in total. The van der Waals surface area contributed by atoms with E-state index in [0.29, 0.717) is 11.3 Å². The fourth-order valence-corrected chi connectivity index (χ4v) is 6.13. The van der Waals surface area contributed by atoms with E-state index >= 15 is 0 Å². The fraction of sp³-hybridized carbons (Fsp3) is 0.684. The summed E-state index contributed by atoms with van der Waals surface area (Å²) in [6.07, 6.45) is 10.2. The lowest BCUT2D eigenvalue weighted by Crippen LogP contribution is -2.51. The van der Waals surface area contributed by atoms with Gasteiger partial charge in [0.15, 0.2) is 0 Å². The SMILES string of the molecule is Cl.NCC(Cc1ccccc1)C12CC3CC(CC(C3)C1)C2. The molecule has 1 aromatic rings. The zero-order valence-corrected chi connectivity index (χ0v) is 13.7. The molecule has 0 heterocycles. The summed E-state index contributed by atoms with van der Waals surface area (Å²) in [5.74, 6) is 3.81. The molecule has 0 aromatic heterocycles. The Bertz CT molecular complexity index is 434. The highest BCUT2D eigenvalue weighted by Gasteiger charge is 2.53. The molecule has 2 heteroatoms. The van der Waals surface area contributed by atoms with Crippen LogP contribution in [0.1, 0.15) is 44.1 Å². The number of hydrogen-bond acceptors (Lipinski definition) is 1. The summed E-state index contributed by atoms with van der Waals surface area (Å²) >= 11 is 0. The molecule has 1 aromatic carbocycles. The fourth-order valence-electron chi connectivity index (χ4n) is 6.13. The summed E-state index contributed by atoms with van der Waals surface area (Å²) in [6.45, 7) is 0.876. The first-order chi connectivity index (χ1) is 9.77. The molecule has 4 aliphatic rings. The number of halogens is 1. The molecule has 0 aliphatic heterocycles. The summed E-state index contributed by atoms with van der Waals surface area (Å²) in [6, 6.07) is 11.0. The number of nitrogens with two attached hydrogens (primary N) is 1.